The first-order valence-electron chi connectivity index (χ1n) is 13.3. The second kappa shape index (κ2) is 13.8. The van der Waals surface area contributed by atoms with E-state index in [4.69, 9.17) is 34.8 Å². The number of H-pyrrole nitrogens is 1. The predicted octanol–water partition coefficient (Wildman–Crippen LogP) is 6.10. The van der Waals surface area contributed by atoms with Crippen LogP contribution in [0.15, 0.2) is 54.6 Å². The minimum absolute atomic E-state index is 0.0626. The zero-order valence-electron chi connectivity index (χ0n) is 23.0. The van der Waals surface area contributed by atoms with Crippen LogP contribution in [-0.2, 0) is 16.8 Å². The molecule has 1 fully saturated rings. The van der Waals surface area contributed by atoms with Crippen LogP contribution in [-0.4, -0.2) is 49.7 Å². The second-order valence-corrected chi connectivity index (χ2v) is 13.7. The lowest BCUT2D eigenvalue weighted by Gasteiger charge is -2.37. The highest BCUT2D eigenvalue weighted by Crippen LogP contribution is 2.35. The van der Waals surface area contributed by atoms with Crippen molar-refractivity contribution in [2.75, 3.05) is 25.1 Å². The lowest BCUT2D eigenvalue weighted by atomic mass is 10.1. The van der Waals surface area contributed by atoms with Gasteiger partial charge >= 0.3 is 0 Å². The van der Waals surface area contributed by atoms with Crippen molar-refractivity contribution in [3.63, 3.8) is 0 Å². The summed E-state index contributed by atoms with van der Waals surface area (Å²) in [5.74, 6) is 5.80. The molecule has 0 spiro atoms. The standard InChI is InChI=1S/C29H27Cl3N6O3S2/c1-33-43(40,41)34-18-23-27(26-14-12-22(42-26)11-7-19-5-8-20(30)9-6-19)35-36-28(23)29(39)38(37-15-3-2-4-16-37)25-13-10-21(31)17-24(25)32/h5-6,8-10,12-14,17,33-34H,2-4,15-16,18H2,1H3,(H,35,36). The molecule has 1 amide bonds. The molecule has 3 heterocycles. The van der Waals surface area contributed by atoms with Crippen LogP contribution in [0, 0.1) is 11.8 Å². The molecule has 0 aliphatic carbocycles. The number of hydrogen-bond acceptors (Lipinski definition) is 6. The summed E-state index contributed by atoms with van der Waals surface area (Å²) < 4.78 is 29.4. The molecule has 3 N–H and O–H groups in total. The summed E-state index contributed by atoms with van der Waals surface area (Å²) >= 11 is 20.1. The number of halogens is 3. The third kappa shape index (κ3) is 7.60. The zero-order valence-corrected chi connectivity index (χ0v) is 26.9. The average molecular weight is 678 g/mol. The fourth-order valence-corrected chi connectivity index (χ4v) is 6.56. The number of amides is 1. The smallest absolute Gasteiger partial charge is 0.276 e. The molecule has 0 radical (unpaired) electrons. The molecule has 2 aromatic heterocycles. The number of carbonyl (C=O) groups is 1. The van der Waals surface area contributed by atoms with Crippen molar-refractivity contribution in [2.45, 2.75) is 25.8 Å². The molecule has 1 saturated heterocycles. The molecule has 43 heavy (non-hydrogen) atoms. The Bertz CT molecular complexity index is 1790. The Balaban J connectivity index is 1.54. The van der Waals surface area contributed by atoms with E-state index in [1.807, 2.05) is 29.3 Å². The molecular weight excluding hydrogens is 651 g/mol. The zero-order chi connectivity index (χ0) is 30.6. The van der Waals surface area contributed by atoms with E-state index in [1.165, 1.54) is 23.4 Å². The van der Waals surface area contributed by atoms with Crippen molar-refractivity contribution < 1.29 is 13.2 Å². The Hall–Kier alpha value is -2.92. The van der Waals surface area contributed by atoms with E-state index in [9.17, 15) is 13.2 Å². The van der Waals surface area contributed by atoms with Gasteiger partial charge in [0, 0.05) is 47.9 Å². The second-order valence-electron chi connectivity index (χ2n) is 9.60. The van der Waals surface area contributed by atoms with E-state index < -0.39 is 16.1 Å². The van der Waals surface area contributed by atoms with Gasteiger partial charge in [-0.15, -0.1) is 11.3 Å². The molecule has 1 aliphatic heterocycles. The number of thiophene rings is 1. The molecule has 0 bridgehead atoms. The van der Waals surface area contributed by atoms with Crippen molar-refractivity contribution in [1.82, 2.24) is 24.7 Å². The van der Waals surface area contributed by atoms with E-state index >= 15 is 0 Å². The SMILES string of the molecule is CNS(=O)(=O)NCc1c(C(=O)N(c2ccc(Cl)cc2Cl)N2CCCCC2)n[nH]c1-c1ccc(C#Cc2ccc(Cl)cc2)s1. The van der Waals surface area contributed by atoms with Gasteiger partial charge in [-0.3, -0.25) is 9.89 Å². The lowest BCUT2D eigenvalue weighted by Crippen LogP contribution is -2.49. The van der Waals surface area contributed by atoms with E-state index in [0.29, 0.717) is 45.1 Å². The van der Waals surface area contributed by atoms with E-state index in [1.54, 1.807) is 30.3 Å². The van der Waals surface area contributed by atoms with E-state index in [0.717, 1.165) is 34.6 Å². The first-order valence-corrected chi connectivity index (χ1v) is 16.8. The number of anilines is 1. The van der Waals surface area contributed by atoms with Crippen molar-refractivity contribution in [2.24, 2.45) is 0 Å². The van der Waals surface area contributed by atoms with Gasteiger partial charge in [-0.25, -0.2) is 14.7 Å². The Morgan fingerprint density at radius 3 is 2.44 bits per heavy atom. The monoisotopic (exact) mass is 676 g/mol. The Morgan fingerprint density at radius 2 is 1.74 bits per heavy atom. The number of benzene rings is 2. The molecule has 1 aliphatic rings. The summed E-state index contributed by atoms with van der Waals surface area (Å²) in [7, 11) is -2.52. The molecule has 224 valence electrons. The van der Waals surface area contributed by atoms with Gasteiger partial charge in [0.2, 0.25) is 0 Å². The topological polar surface area (TPSA) is 110 Å². The van der Waals surface area contributed by atoms with Crippen LogP contribution in [0.2, 0.25) is 15.1 Å². The number of piperidine rings is 1. The number of hydrogen-bond donors (Lipinski definition) is 3. The molecule has 14 heteroatoms. The first-order chi connectivity index (χ1) is 20.6. The molecule has 0 unspecified atom stereocenters. The fourth-order valence-electron chi connectivity index (χ4n) is 4.58. The van der Waals surface area contributed by atoms with Crippen LogP contribution < -0.4 is 14.5 Å². The Morgan fingerprint density at radius 1 is 1.02 bits per heavy atom. The fraction of sp³-hybridized carbons (Fsp3) is 0.241. The first kappa shape index (κ1) is 31.5. The van der Waals surface area contributed by atoms with Crippen molar-refractivity contribution in [3.8, 4) is 22.4 Å². The van der Waals surface area contributed by atoms with E-state index in [2.05, 4.69) is 31.5 Å². The van der Waals surface area contributed by atoms with Crippen LogP contribution >= 0.6 is 46.1 Å². The van der Waals surface area contributed by atoms with Crippen LogP contribution in [0.1, 0.15) is 45.8 Å². The maximum atomic E-state index is 14.3. The molecule has 5 rings (SSSR count). The summed E-state index contributed by atoms with van der Waals surface area (Å²) in [6.07, 6.45) is 2.87. The van der Waals surface area contributed by atoms with Gasteiger partial charge in [0.05, 0.1) is 26.2 Å². The van der Waals surface area contributed by atoms with Crippen LogP contribution in [0.5, 0.6) is 0 Å². The summed E-state index contributed by atoms with van der Waals surface area (Å²) in [5.41, 5.74) is 2.23. The molecule has 2 aromatic carbocycles. The van der Waals surface area contributed by atoms with Crippen LogP contribution in [0.25, 0.3) is 10.6 Å². The average Bonchev–Trinajstić information content (AvgIpc) is 3.65. The van der Waals surface area contributed by atoms with Crippen LogP contribution in [0.3, 0.4) is 0 Å². The van der Waals surface area contributed by atoms with Gasteiger partial charge in [-0.1, -0.05) is 53.1 Å². The van der Waals surface area contributed by atoms with Crippen molar-refractivity contribution >= 4 is 67.9 Å². The van der Waals surface area contributed by atoms with Gasteiger partial charge < -0.3 is 0 Å². The number of carbonyl (C=O) groups excluding carboxylic acids is 1. The third-order valence-electron chi connectivity index (χ3n) is 6.75. The predicted molar refractivity (Wildman–Crippen MR) is 173 cm³/mol. The highest BCUT2D eigenvalue weighted by Gasteiger charge is 2.32. The van der Waals surface area contributed by atoms with Gasteiger partial charge in [0.15, 0.2) is 5.69 Å². The maximum Gasteiger partial charge on any atom is 0.293 e. The summed E-state index contributed by atoms with van der Waals surface area (Å²) in [6, 6.07) is 15.9. The molecule has 0 saturated carbocycles. The molecular formula is C29H27Cl3N6O3S2. The van der Waals surface area contributed by atoms with Crippen molar-refractivity contribution in [1.29, 1.82) is 0 Å². The number of nitrogens with zero attached hydrogens (tertiary/aromatic N) is 3. The summed E-state index contributed by atoms with van der Waals surface area (Å²) in [4.78, 5) is 15.8. The molecule has 0 atom stereocenters. The highest BCUT2D eigenvalue weighted by molar-refractivity contribution is 7.87. The molecule has 4 aromatic rings. The number of aromatic nitrogens is 2. The minimum Gasteiger partial charge on any atom is -0.276 e. The van der Waals surface area contributed by atoms with Gasteiger partial charge in [-0.05, 0) is 67.4 Å². The lowest BCUT2D eigenvalue weighted by molar-refractivity contribution is 0.0866. The van der Waals surface area contributed by atoms with Gasteiger partial charge in [0.25, 0.3) is 16.1 Å². The summed E-state index contributed by atoms with van der Waals surface area (Å²) in [5, 5.41) is 12.2. The largest absolute Gasteiger partial charge is 0.293 e. The van der Waals surface area contributed by atoms with Crippen LogP contribution in [0.4, 0.5) is 5.69 Å². The Labute approximate surface area is 269 Å². The normalized spacial score (nSPS) is 13.9. The quantitative estimate of drug-likeness (QED) is 0.195. The summed E-state index contributed by atoms with van der Waals surface area (Å²) in [6.45, 7) is 1.09. The Kier molecular flexibility index (Phi) is 10.1. The number of aromatic amines is 1. The van der Waals surface area contributed by atoms with E-state index in [-0.39, 0.29) is 12.2 Å². The van der Waals surface area contributed by atoms with Gasteiger partial charge in [0.1, 0.15) is 0 Å². The highest BCUT2D eigenvalue weighted by atomic mass is 35.5. The maximum absolute atomic E-state index is 14.3. The van der Waals surface area contributed by atoms with Crippen molar-refractivity contribution in [3.05, 3.63) is 91.4 Å². The minimum atomic E-state index is -3.82. The number of hydrazine groups is 1. The number of rotatable bonds is 8. The molecule has 9 nitrogen and oxygen atoms in total. The number of nitrogens with one attached hydrogen (secondary N) is 3. The van der Waals surface area contributed by atoms with Gasteiger partial charge in [-0.2, -0.15) is 18.2 Å². The third-order valence-corrected chi connectivity index (χ3v) is 9.62.